The summed E-state index contributed by atoms with van der Waals surface area (Å²) >= 11 is 5.64. The number of anilines is 2. The summed E-state index contributed by atoms with van der Waals surface area (Å²) in [7, 11) is 1.70. The second-order valence-corrected chi connectivity index (χ2v) is 2.79. The Hall–Kier alpha value is -1.14. The van der Waals surface area contributed by atoms with Crippen LogP contribution >= 0.6 is 11.6 Å². The SMILES string of the molecule is CCCONc1nc(Cl)nc(NC)n1. The minimum atomic E-state index is 0.118. The molecule has 2 N–H and O–H groups in total. The average molecular weight is 218 g/mol. The molecule has 78 valence electrons. The first-order chi connectivity index (χ1) is 6.76. The van der Waals surface area contributed by atoms with Gasteiger partial charge in [0.15, 0.2) is 0 Å². The van der Waals surface area contributed by atoms with E-state index in [1.807, 2.05) is 6.92 Å². The average Bonchev–Trinajstić information content (AvgIpc) is 2.17. The van der Waals surface area contributed by atoms with Crippen LogP contribution in [0, 0.1) is 0 Å². The van der Waals surface area contributed by atoms with Crippen LogP contribution in [0.25, 0.3) is 0 Å². The smallest absolute Gasteiger partial charge is 0.253 e. The summed E-state index contributed by atoms with van der Waals surface area (Å²) in [6.07, 6.45) is 0.907. The molecule has 0 atom stereocenters. The van der Waals surface area contributed by atoms with E-state index < -0.39 is 0 Å². The molecule has 0 amide bonds. The Kier molecular flexibility index (Phi) is 4.34. The van der Waals surface area contributed by atoms with Gasteiger partial charge >= 0.3 is 0 Å². The fourth-order valence-corrected chi connectivity index (χ4v) is 0.885. The molecule has 1 aromatic rings. The number of hydrogen-bond acceptors (Lipinski definition) is 6. The van der Waals surface area contributed by atoms with Gasteiger partial charge in [0.1, 0.15) is 0 Å². The molecule has 1 heterocycles. The van der Waals surface area contributed by atoms with Crippen molar-refractivity contribution in [1.29, 1.82) is 0 Å². The Morgan fingerprint density at radius 2 is 2.00 bits per heavy atom. The Balaban J connectivity index is 2.62. The molecule has 1 aromatic heterocycles. The minimum Gasteiger partial charge on any atom is -0.357 e. The summed E-state index contributed by atoms with van der Waals surface area (Å²) in [5, 5.41) is 2.87. The molecular formula is C7H12ClN5O. The van der Waals surface area contributed by atoms with E-state index in [0.29, 0.717) is 18.5 Å². The predicted molar refractivity (Wildman–Crippen MR) is 54.2 cm³/mol. The lowest BCUT2D eigenvalue weighted by atomic mass is 10.5. The number of aromatic nitrogens is 3. The van der Waals surface area contributed by atoms with Crippen LogP contribution in [0.4, 0.5) is 11.9 Å². The zero-order valence-corrected chi connectivity index (χ0v) is 8.80. The normalized spacial score (nSPS) is 9.93. The van der Waals surface area contributed by atoms with Crippen molar-refractivity contribution in [2.45, 2.75) is 13.3 Å². The molecule has 0 unspecified atom stereocenters. The van der Waals surface area contributed by atoms with Crippen LogP contribution in [0.15, 0.2) is 0 Å². The third kappa shape index (κ3) is 3.31. The van der Waals surface area contributed by atoms with Crippen LogP contribution in [-0.4, -0.2) is 28.6 Å². The third-order valence-corrected chi connectivity index (χ3v) is 1.47. The third-order valence-electron chi connectivity index (χ3n) is 1.30. The summed E-state index contributed by atoms with van der Waals surface area (Å²) in [6.45, 7) is 2.58. The van der Waals surface area contributed by atoms with E-state index in [9.17, 15) is 0 Å². The molecule has 0 aliphatic carbocycles. The largest absolute Gasteiger partial charge is 0.357 e. The molecule has 6 nitrogen and oxygen atoms in total. The standard InChI is InChI=1S/C7H12ClN5O/c1-3-4-14-13-7-11-5(8)10-6(9-2)12-7/h3-4H2,1-2H3,(H2,9,10,11,12,13). The molecule has 0 aliphatic rings. The van der Waals surface area contributed by atoms with Gasteiger partial charge in [0.05, 0.1) is 6.61 Å². The van der Waals surface area contributed by atoms with E-state index in [-0.39, 0.29) is 5.28 Å². The number of rotatable bonds is 5. The molecule has 14 heavy (non-hydrogen) atoms. The lowest BCUT2D eigenvalue weighted by molar-refractivity contribution is 0.191. The number of nitrogens with zero attached hydrogens (tertiary/aromatic N) is 3. The topological polar surface area (TPSA) is 72.0 Å². The van der Waals surface area contributed by atoms with E-state index in [2.05, 4.69) is 25.7 Å². The van der Waals surface area contributed by atoms with Gasteiger partial charge in [0.25, 0.3) is 5.95 Å². The lowest BCUT2D eigenvalue weighted by Crippen LogP contribution is -2.08. The molecule has 0 bridgehead atoms. The molecule has 0 fully saturated rings. The zero-order chi connectivity index (χ0) is 10.4. The molecule has 0 spiro atoms. The molecule has 0 aliphatic heterocycles. The van der Waals surface area contributed by atoms with Crippen molar-refractivity contribution in [2.75, 3.05) is 24.5 Å². The Bertz CT molecular complexity index is 295. The first-order valence-electron chi connectivity index (χ1n) is 4.23. The van der Waals surface area contributed by atoms with Crippen molar-refractivity contribution in [2.24, 2.45) is 0 Å². The molecular weight excluding hydrogens is 206 g/mol. The molecule has 0 radical (unpaired) electrons. The highest BCUT2D eigenvalue weighted by molar-refractivity contribution is 6.28. The maximum Gasteiger partial charge on any atom is 0.253 e. The van der Waals surface area contributed by atoms with Gasteiger partial charge in [0, 0.05) is 7.05 Å². The lowest BCUT2D eigenvalue weighted by Gasteiger charge is -2.05. The summed E-state index contributed by atoms with van der Waals surface area (Å²) in [4.78, 5) is 16.6. The highest BCUT2D eigenvalue weighted by atomic mass is 35.5. The second kappa shape index (κ2) is 5.56. The van der Waals surface area contributed by atoms with Crippen molar-refractivity contribution >= 4 is 23.5 Å². The Morgan fingerprint density at radius 3 is 2.64 bits per heavy atom. The van der Waals surface area contributed by atoms with Crippen LogP contribution in [0.1, 0.15) is 13.3 Å². The van der Waals surface area contributed by atoms with E-state index >= 15 is 0 Å². The fraction of sp³-hybridized carbons (Fsp3) is 0.571. The van der Waals surface area contributed by atoms with Gasteiger partial charge in [-0.2, -0.15) is 15.0 Å². The first kappa shape index (κ1) is 10.9. The zero-order valence-electron chi connectivity index (χ0n) is 8.04. The molecule has 7 heteroatoms. The van der Waals surface area contributed by atoms with Gasteiger partial charge in [0.2, 0.25) is 11.2 Å². The Labute approximate surface area is 87.0 Å². The van der Waals surface area contributed by atoms with Crippen LogP contribution in [0.5, 0.6) is 0 Å². The highest BCUT2D eigenvalue weighted by Gasteiger charge is 2.02. The summed E-state index contributed by atoms with van der Waals surface area (Å²) in [5.41, 5.74) is 2.57. The van der Waals surface area contributed by atoms with Crippen molar-refractivity contribution in [3.05, 3.63) is 5.28 Å². The number of halogens is 1. The van der Waals surface area contributed by atoms with Crippen LogP contribution in [-0.2, 0) is 4.84 Å². The maximum atomic E-state index is 5.64. The maximum absolute atomic E-state index is 5.64. The van der Waals surface area contributed by atoms with Crippen LogP contribution in [0.3, 0.4) is 0 Å². The van der Waals surface area contributed by atoms with Gasteiger partial charge < -0.3 is 5.32 Å². The van der Waals surface area contributed by atoms with Crippen molar-refractivity contribution in [1.82, 2.24) is 15.0 Å². The fourth-order valence-electron chi connectivity index (χ4n) is 0.725. The highest BCUT2D eigenvalue weighted by Crippen LogP contribution is 2.08. The van der Waals surface area contributed by atoms with Crippen LogP contribution < -0.4 is 10.8 Å². The second-order valence-electron chi connectivity index (χ2n) is 2.45. The van der Waals surface area contributed by atoms with Crippen LogP contribution in [0.2, 0.25) is 5.28 Å². The molecule has 0 saturated heterocycles. The monoisotopic (exact) mass is 217 g/mol. The first-order valence-corrected chi connectivity index (χ1v) is 4.61. The van der Waals surface area contributed by atoms with E-state index in [0.717, 1.165) is 6.42 Å². The van der Waals surface area contributed by atoms with Gasteiger partial charge in [-0.1, -0.05) is 6.92 Å². The van der Waals surface area contributed by atoms with E-state index in [4.69, 9.17) is 16.4 Å². The summed E-state index contributed by atoms with van der Waals surface area (Å²) in [6, 6.07) is 0. The van der Waals surface area contributed by atoms with E-state index in [1.165, 1.54) is 0 Å². The van der Waals surface area contributed by atoms with E-state index in [1.54, 1.807) is 7.05 Å². The number of nitrogens with one attached hydrogen (secondary N) is 2. The van der Waals surface area contributed by atoms with Crippen molar-refractivity contribution in [3.8, 4) is 0 Å². The molecule has 1 rings (SSSR count). The molecule has 0 aromatic carbocycles. The van der Waals surface area contributed by atoms with Crippen molar-refractivity contribution < 1.29 is 4.84 Å². The van der Waals surface area contributed by atoms with Gasteiger partial charge in [-0.15, -0.1) is 0 Å². The van der Waals surface area contributed by atoms with Gasteiger partial charge in [-0.25, -0.2) is 5.48 Å². The molecule has 0 saturated carbocycles. The van der Waals surface area contributed by atoms with Gasteiger partial charge in [-0.3, -0.25) is 4.84 Å². The summed E-state index contributed by atoms with van der Waals surface area (Å²) in [5.74, 6) is 0.690. The number of hydrogen-bond donors (Lipinski definition) is 2. The minimum absolute atomic E-state index is 0.118. The summed E-state index contributed by atoms with van der Waals surface area (Å²) < 4.78 is 0. The van der Waals surface area contributed by atoms with Gasteiger partial charge in [-0.05, 0) is 18.0 Å². The predicted octanol–water partition coefficient (Wildman–Crippen LogP) is 1.32. The quantitative estimate of drug-likeness (QED) is 0.573. The Morgan fingerprint density at radius 1 is 1.29 bits per heavy atom. The van der Waals surface area contributed by atoms with Crippen molar-refractivity contribution in [3.63, 3.8) is 0 Å².